The first-order valence-corrected chi connectivity index (χ1v) is 6.21. The van der Waals surface area contributed by atoms with Crippen molar-refractivity contribution in [2.45, 2.75) is 26.9 Å². The molecule has 16 heavy (non-hydrogen) atoms. The van der Waals surface area contributed by atoms with Gasteiger partial charge in [0, 0.05) is 9.75 Å². The van der Waals surface area contributed by atoms with Crippen LogP contribution >= 0.6 is 11.3 Å². The first-order valence-electron chi connectivity index (χ1n) is 5.40. The van der Waals surface area contributed by atoms with Crippen LogP contribution in [-0.2, 0) is 0 Å². The highest BCUT2D eigenvalue weighted by Crippen LogP contribution is 2.31. The monoisotopic (exact) mass is 232 g/mol. The van der Waals surface area contributed by atoms with Crippen LogP contribution in [-0.4, -0.2) is 5.11 Å². The third kappa shape index (κ3) is 2.04. The van der Waals surface area contributed by atoms with E-state index in [0.29, 0.717) is 0 Å². The lowest BCUT2D eigenvalue weighted by Crippen LogP contribution is -1.99. The number of benzene rings is 1. The lowest BCUT2D eigenvalue weighted by atomic mass is 10.0. The molecule has 1 nitrogen and oxygen atoms in total. The third-order valence-electron chi connectivity index (χ3n) is 2.94. The first kappa shape index (κ1) is 11.4. The Hall–Kier alpha value is -1.12. The van der Waals surface area contributed by atoms with E-state index in [-0.39, 0.29) is 0 Å². The van der Waals surface area contributed by atoms with E-state index in [4.69, 9.17) is 0 Å². The molecule has 0 aliphatic carbocycles. The summed E-state index contributed by atoms with van der Waals surface area (Å²) in [6.45, 7) is 6.21. The molecule has 0 bridgehead atoms. The second-order valence-electron chi connectivity index (χ2n) is 4.15. The molecule has 1 atom stereocenters. The normalized spacial score (nSPS) is 12.8. The molecule has 0 amide bonds. The van der Waals surface area contributed by atoms with E-state index in [1.807, 2.05) is 31.2 Å². The maximum Gasteiger partial charge on any atom is 0.113 e. The van der Waals surface area contributed by atoms with Gasteiger partial charge in [0.15, 0.2) is 0 Å². The van der Waals surface area contributed by atoms with Gasteiger partial charge in [-0.2, -0.15) is 0 Å². The lowest BCUT2D eigenvalue weighted by Gasteiger charge is -2.11. The second kappa shape index (κ2) is 4.40. The van der Waals surface area contributed by atoms with Crippen molar-refractivity contribution in [2.75, 3.05) is 0 Å². The van der Waals surface area contributed by atoms with Gasteiger partial charge in [-0.1, -0.05) is 24.3 Å². The van der Waals surface area contributed by atoms with Crippen LogP contribution in [0.1, 0.15) is 32.5 Å². The van der Waals surface area contributed by atoms with Gasteiger partial charge in [0.05, 0.1) is 0 Å². The van der Waals surface area contributed by atoms with Crippen LogP contribution in [0, 0.1) is 20.8 Å². The summed E-state index contributed by atoms with van der Waals surface area (Å²) in [6.07, 6.45) is -0.487. The fourth-order valence-corrected chi connectivity index (χ4v) is 2.83. The minimum Gasteiger partial charge on any atom is -0.383 e. The average Bonchev–Trinajstić information content (AvgIpc) is 2.59. The molecule has 1 unspecified atom stereocenters. The minimum atomic E-state index is -0.487. The molecule has 0 radical (unpaired) electrons. The van der Waals surface area contributed by atoms with Crippen LogP contribution in [0.2, 0.25) is 0 Å². The molecule has 1 aromatic heterocycles. The van der Waals surface area contributed by atoms with Gasteiger partial charge >= 0.3 is 0 Å². The zero-order chi connectivity index (χ0) is 11.7. The second-order valence-corrected chi connectivity index (χ2v) is 5.43. The van der Waals surface area contributed by atoms with Crippen molar-refractivity contribution < 1.29 is 5.11 Å². The van der Waals surface area contributed by atoms with Crippen LogP contribution in [0.3, 0.4) is 0 Å². The number of aliphatic hydroxyl groups is 1. The Morgan fingerprint density at radius 3 is 2.31 bits per heavy atom. The fourth-order valence-electron chi connectivity index (χ4n) is 1.78. The lowest BCUT2D eigenvalue weighted by molar-refractivity contribution is 0.223. The molecule has 1 heterocycles. The maximum atomic E-state index is 10.3. The highest BCUT2D eigenvalue weighted by molar-refractivity contribution is 7.12. The summed E-state index contributed by atoms with van der Waals surface area (Å²) in [7, 11) is 0. The number of aryl methyl sites for hydroxylation is 3. The zero-order valence-electron chi connectivity index (χ0n) is 9.82. The van der Waals surface area contributed by atoms with Crippen molar-refractivity contribution in [3.8, 4) is 0 Å². The quantitative estimate of drug-likeness (QED) is 0.836. The molecular formula is C14H16OS. The molecule has 1 aromatic carbocycles. The Kier molecular flexibility index (Phi) is 3.13. The number of rotatable bonds is 2. The van der Waals surface area contributed by atoms with E-state index in [0.717, 1.165) is 16.0 Å². The summed E-state index contributed by atoms with van der Waals surface area (Å²) in [5, 5.41) is 10.3. The molecular weight excluding hydrogens is 216 g/mol. The topological polar surface area (TPSA) is 20.2 Å². The average molecular weight is 232 g/mol. The van der Waals surface area contributed by atoms with E-state index in [1.165, 1.54) is 10.4 Å². The Morgan fingerprint density at radius 1 is 1.06 bits per heavy atom. The molecule has 0 saturated carbocycles. The fraction of sp³-hybridized carbons (Fsp3) is 0.286. The number of aliphatic hydroxyl groups excluding tert-OH is 1. The predicted octanol–water partition coefficient (Wildman–Crippen LogP) is 3.76. The molecule has 2 heteroatoms. The van der Waals surface area contributed by atoms with Gasteiger partial charge in [-0.3, -0.25) is 0 Å². The molecule has 0 saturated heterocycles. The Morgan fingerprint density at radius 2 is 1.75 bits per heavy atom. The van der Waals surface area contributed by atoms with Crippen LogP contribution in [0.5, 0.6) is 0 Å². The largest absolute Gasteiger partial charge is 0.383 e. The first-order chi connectivity index (χ1) is 7.59. The van der Waals surface area contributed by atoms with E-state index >= 15 is 0 Å². The molecule has 0 aliphatic heterocycles. The molecule has 0 aliphatic rings. The molecule has 2 rings (SSSR count). The summed E-state index contributed by atoms with van der Waals surface area (Å²) >= 11 is 1.68. The molecule has 84 valence electrons. The van der Waals surface area contributed by atoms with Crippen LogP contribution in [0.4, 0.5) is 0 Å². The van der Waals surface area contributed by atoms with Crippen molar-refractivity contribution in [3.05, 3.63) is 56.8 Å². The Balaban J connectivity index is 2.39. The summed E-state index contributed by atoms with van der Waals surface area (Å²) in [5.41, 5.74) is 3.40. The highest BCUT2D eigenvalue weighted by Gasteiger charge is 2.15. The van der Waals surface area contributed by atoms with Crippen molar-refractivity contribution in [1.82, 2.24) is 0 Å². The summed E-state index contributed by atoms with van der Waals surface area (Å²) in [6, 6.07) is 10.1. The Bertz CT molecular complexity index is 480. The number of thiophene rings is 1. The Labute approximate surface area is 100 Å². The van der Waals surface area contributed by atoms with Gasteiger partial charge in [0.25, 0.3) is 0 Å². The SMILES string of the molecule is Cc1ccccc1C(O)c1cc(C)c(C)s1. The van der Waals surface area contributed by atoms with Crippen molar-refractivity contribution in [1.29, 1.82) is 0 Å². The van der Waals surface area contributed by atoms with E-state index in [2.05, 4.69) is 19.9 Å². The van der Waals surface area contributed by atoms with E-state index in [9.17, 15) is 5.11 Å². The molecule has 1 N–H and O–H groups in total. The van der Waals surface area contributed by atoms with Gasteiger partial charge in [0.1, 0.15) is 6.10 Å². The van der Waals surface area contributed by atoms with Crippen molar-refractivity contribution in [3.63, 3.8) is 0 Å². The minimum absolute atomic E-state index is 0.487. The van der Waals surface area contributed by atoms with Crippen LogP contribution < -0.4 is 0 Å². The van der Waals surface area contributed by atoms with Gasteiger partial charge in [-0.25, -0.2) is 0 Å². The van der Waals surface area contributed by atoms with Crippen molar-refractivity contribution >= 4 is 11.3 Å². The number of hydrogen-bond acceptors (Lipinski definition) is 2. The van der Waals surface area contributed by atoms with E-state index in [1.54, 1.807) is 11.3 Å². The molecule has 0 spiro atoms. The zero-order valence-corrected chi connectivity index (χ0v) is 10.6. The van der Waals surface area contributed by atoms with Crippen LogP contribution in [0.15, 0.2) is 30.3 Å². The highest BCUT2D eigenvalue weighted by atomic mass is 32.1. The number of hydrogen-bond donors (Lipinski definition) is 1. The van der Waals surface area contributed by atoms with Gasteiger partial charge in [0.2, 0.25) is 0 Å². The standard InChI is InChI=1S/C14H16OS/c1-9-6-4-5-7-12(9)14(15)13-8-10(2)11(3)16-13/h4-8,14-15H,1-3H3. The maximum absolute atomic E-state index is 10.3. The smallest absolute Gasteiger partial charge is 0.113 e. The predicted molar refractivity (Wildman–Crippen MR) is 69.0 cm³/mol. The summed E-state index contributed by atoms with van der Waals surface area (Å²) in [4.78, 5) is 2.31. The third-order valence-corrected chi connectivity index (χ3v) is 4.14. The van der Waals surface area contributed by atoms with Gasteiger partial charge in [-0.15, -0.1) is 11.3 Å². The van der Waals surface area contributed by atoms with Crippen molar-refractivity contribution in [2.24, 2.45) is 0 Å². The summed E-state index contributed by atoms with van der Waals surface area (Å²) in [5.74, 6) is 0. The van der Waals surface area contributed by atoms with E-state index < -0.39 is 6.10 Å². The summed E-state index contributed by atoms with van der Waals surface area (Å²) < 4.78 is 0. The van der Waals surface area contributed by atoms with Gasteiger partial charge in [-0.05, 0) is 43.5 Å². The molecule has 0 fully saturated rings. The van der Waals surface area contributed by atoms with Gasteiger partial charge < -0.3 is 5.11 Å². The van der Waals surface area contributed by atoms with Crippen LogP contribution in [0.25, 0.3) is 0 Å². The molecule has 2 aromatic rings.